The monoisotopic (exact) mass is 236 g/mol. The third-order valence-corrected chi connectivity index (χ3v) is 2.88. The summed E-state index contributed by atoms with van der Waals surface area (Å²) in [5, 5.41) is 6.03. The van der Waals surface area contributed by atoms with Gasteiger partial charge in [0, 0.05) is 12.1 Å². The standard InChI is InChI=1S/C13H17FN2O/c1-9(10-2-4-11(14)5-3-10)15-8-13(17)16-12-6-7-12/h2-5,9,12,15H,6-8H2,1H3,(H,16,17). The molecule has 1 amide bonds. The molecular weight excluding hydrogens is 219 g/mol. The molecule has 2 N–H and O–H groups in total. The molecule has 1 aromatic carbocycles. The van der Waals surface area contributed by atoms with Crippen molar-refractivity contribution in [3.8, 4) is 0 Å². The van der Waals surface area contributed by atoms with Crippen LogP contribution in [-0.2, 0) is 4.79 Å². The van der Waals surface area contributed by atoms with Gasteiger partial charge in [-0.1, -0.05) is 12.1 Å². The molecule has 0 aromatic heterocycles. The molecule has 0 bridgehead atoms. The van der Waals surface area contributed by atoms with Gasteiger partial charge in [0.05, 0.1) is 6.54 Å². The summed E-state index contributed by atoms with van der Waals surface area (Å²) in [5.41, 5.74) is 0.977. The van der Waals surface area contributed by atoms with Crippen molar-refractivity contribution in [3.63, 3.8) is 0 Å². The zero-order chi connectivity index (χ0) is 12.3. The summed E-state index contributed by atoms with van der Waals surface area (Å²) in [4.78, 5) is 11.4. The highest BCUT2D eigenvalue weighted by Gasteiger charge is 2.23. The van der Waals surface area contributed by atoms with Crippen LogP contribution in [0.4, 0.5) is 4.39 Å². The molecule has 1 saturated carbocycles. The van der Waals surface area contributed by atoms with Crippen molar-refractivity contribution in [2.24, 2.45) is 0 Å². The van der Waals surface area contributed by atoms with E-state index in [4.69, 9.17) is 0 Å². The van der Waals surface area contributed by atoms with Crippen LogP contribution in [0.25, 0.3) is 0 Å². The molecule has 4 heteroatoms. The predicted molar refractivity (Wildman–Crippen MR) is 64.0 cm³/mol. The molecule has 0 aliphatic heterocycles. The Balaban J connectivity index is 1.77. The minimum atomic E-state index is -0.243. The van der Waals surface area contributed by atoms with Gasteiger partial charge in [-0.15, -0.1) is 0 Å². The number of hydrogen-bond acceptors (Lipinski definition) is 2. The minimum absolute atomic E-state index is 0.0291. The van der Waals surface area contributed by atoms with Crippen molar-refractivity contribution < 1.29 is 9.18 Å². The largest absolute Gasteiger partial charge is 0.352 e. The molecule has 3 nitrogen and oxygen atoms in total. The first-order valence-electron chi connectivity index (χ1n) is 5.93. The van der Waals surface area contributed by atoms with Gasteiger partial charge in [0.2, 0.25) is 5.91 Å². The van der Waals surface area contributed by atoms with E-state index in [-0.39, 0.29) is 17.8 Å². The summed E-state index contributed by atoms with van der Waals surface area (Å²) in [7, 11) is 0. The fourth-order valence-corrected chi connectivity index (χ4v) is 1.62. The second-order valence-electron chi connectivity index (χ2n) is 4.50. The summed E-state index contributed by atoms with van der Waals surface area (Å²) in [6.45, 7) is 2.26. The van der Waals surface area contributed by atoms with Crippen LogP contribution in [0, 0.1) is 5.82 Å². The van der Waals surface area contributed by atoms with Crippen LogP contribution in [0.3, 0.4) is 0 Å². The average Bonchev–Trinajstić information content (AvgIpc) is 3.11. The predicted octanol–water partition coefficient (Wildman–Crippen LogP) is 1.75. The van der Waals surface area contributed by atoms with E-state index in [1.807, 2.05) is 6.92 Å². The first-order valence-corrected chi connectivity index (χ1v) is 5.93. The van der Waals surface area contributed by atoms with E-state index in [0.717, 1.165) is 18.4 Å². The van der Waals surface area contributed by atoms with Crippen molar-refractivity contribution in [3.05, 3.63) is 35.6 Å². The van der Waals surface area contributed by atoms with E-state index in [1.165, 1.54) is 12.1 Å². The summed E-state index contributed by atoms with van der Waals surface area (Å²) < 4.78 is 12.7. The van der Waals surface area contributed by atoms with E-state index in [9.17, 15) is 9.18 Å². The quantitative estimate of drug-likeness (QED) is 0.818. The molecule has 1 fully saturated rings. The molecule has 0 spiro atoms. The summed E-state index contributed by atoms with van der Waals surface area (Å²) >= 11 is 0. The lowest BCUT2D eigenvalue weighted by molar-refractivity contribution is -0.120. The topological polar surface area (TPSA) is 41.1 Å². The number of amides is 1. The van der Waals surface area contributed by atoms with Gasteiger partial charge in [0.15, 0.2) is 0 Å². The maximum absolute atomic E-state index is 12.7. The summed E-state index contributed by atoms with van der Waals surface area (Å²) in [6, 6.07) is 6.75. The third-order valence-electron chi connectivity index (χ3n) is 2.88. The molecule has 0 saturated heterocycles. The normalized spacial score (nSPS) is 16.6. The molecular formula is C13H17FN2O. The Hall–Kier alpha value is -1.42. The van der Waals surface area contributed by atoms with Gasteiger partial charge in [0.1, 0.15) is 5.82 Å². The Morgan fingerprint density at radius 1 is 1.41 bits per heavy atom. The lowest BCUT2D eigenvalue weighted by atomic mass is 10.1. The first-order chi connectivity index (χ1) is 8.15. The highest BCUT2D eigenvalue weighted by Crippen LogP contribution is 2.18. The van der Waals surface area contributed by atoms with Crippen molar-refractivity contribution in [2.75, 3.05) is 6.54 Å². The van der Waals surface area contributed by atoms with Gasteiger partial charge >= 0.3 is 0 Å². The number of benzene rings is 1. The van der Waals surface area contributed by atoms with Crippen LogP contribution in [-0.4, -0.2) is 18.5 Å². The minimum Gasteiger partial charge on any atom is -0.352 e. The lowest BCUT2D eigenvalue weighted by Gasteiger charge is -2.14. The van der Waals surface area contributed by atoms with Crippen LogP contribution in [0.15, 0.2) is 24.3 Å². The maximum atomic E-state index is 12.7. The molecule has 1 aromatic rings. The SMILES string of the molecule is CC(NCC(=O)NC1CC1)c1ccc(F)cc1. The van der Waals surface area contributed by atoms with Crippen molar-refractivity contribution in [2.45, 2.75) is 31.8 Å². The zero-order valence-corrected chi connectivity index (χ0v) is 9.87. The Kier molecular flexibility index (Phi) is 3.74. The average molecular weight is 236 g/mol. The van der Waals surface area contributed by atoms with Crippen LogP contribution < -0.4 is 10.6 Å². The maximum Gasteiger partial charge on any atom is 0.234 e. The molecule has 92 valence electrons. The number of nitrogens with one attached hydrogen (secondary N) is 2. The molecule has 17 heavy (non-hydrogen) atoms. The number of hydrogen-bond donors (Lipinski definition) is 2. The lowest BCUT2D eigenvalue weighted by Crippen LogP contribution is -2.36. The molecule has 1 atom stereocenters. The van der Waals surface area contributed by atoms with Gasteiger partial charge in [-0.2, -0.15) is 0 Å². The number of halogens is 1. The highest BCUT2D eigenvalue weighted by atomic mass is 19.1. The third kappa shape index (κ3) is 3.82. The van der Waals surface area contributed by atoms with E-state index in [2.05, 4.69) is 10.6 Å². The Labute approximate surface area is 100 Å². The molecule has 1 aliphatic rings. The molecule has 1 unspecified atom stereocenters. The summed E-state index contributed by atoms with van der Waals surface area (Å²) in [6.07, 6.45) is 2.19. The van der Waals surface area contributed by atoms with Crippen molar-refractivity contribution in [1.29, 1.82) is 0 Å². The molecule has 2 rings (SSSR count). The van der Waals surface area contributed by atoms with Crippen LogP contribution in [0.1, 0.15) is 31.4 Å². The first kappa shape index (κ1) is 12.0. The fraction of sp³-hybridized carbons (Fsp3) is 0.462. The van der Waals surface area contributed by atoms with E-state index in [1.54, 1.807) is 12.1 Å². The van der Waals surface area contributed by atoms with Crippen LogP contribution in [0.5, 0.6) is 0 Å². The van der Waals surface area contributed by atoms with E-state index in [0.29, 0.717) is 12.6 Å². The van der Waals surface area contributed by atoms with Gasteiger partial charge in [0.25, 0.3) is 0 Å². The van der Waals surface area contributed by atoms with Crippen LogP contribution >= 0.6 is 0 Å². The smallest absolute Gasteiger partial charge is 0.234 e. The second kappa shape index (κ2) is 5.27. The number of carbonyl (C=O) groups excluding carboxylic acids is 1. The number of rotatable bonds is 5. The molecule has 0 radical (unpaired) electrons. The molecule has 1 aliphatic carbocycles. The highest BCUT2D eigenvalue weighted by molar-refractivity contribution is 5.78. The van der Waals surface area contributed by atoms with Gasteiger partial charge in [-0.25, -0.2) is 4.39 Å². The fourth-order valence-electron chi connectivity index (χ4n) is 1.62. The van der Waals surface area contributed by atoms with Crippen LogP contribution in [0.2, 0.25) is 0 Å². The van der Waals surface area contributed by atoms with Gasteiger partial charge < -0.3 is 10.6 Å². The molecule has 0 heterocycles. The second-order valence-corrected chi connectivity index (χ2v) is 4.50. The van der Waals surface area contributed by atoms with Gasteiger partial charge in [-0.3, -0.25) is 4.79 Å². The van der Waals surface area contributed by atoms with Gasteiger partial charge in [-0.05, 0) is 37.5 Å². The zero-order valence-electron chi connectivity index (χ0n) is 9.87. The number of carbonyl (C=O) groups is 1. The van der Waals surface area contributed by atoms with E-state index < -0.39 is 0 Å². The van der Waals surface area contributed by atoms with Crippen molar-refractivity contribution >= 4 is 5.91 Å². The Morgan fingerprint density at radius 3 is 2.65 bits per heavy atom. The van der Waals surface area contributed by atoms with E-state index >= 15 is 0 Å². The Morgan fingerprint density at radius 2 is 2.06 bits per heavy atom. The Bertz CT molecular complexity index is 387. The van der Waals surface area contributed by atoms with Crippen molar-refractivity contribution in [1.82, 2.24) is 10.6 Å². The summed E-state index contributed by atoms with van der Waals surface area (Å²) in [5.74, 6) is -0.214.